The minimum Gasteiger partial charge on any atom is -0.347 e. The summed E-state index contributed by atoms with van der Waals surface area (Å²) in [5.74, 6) is -0.117. The lowest BCUT2D eigenvalue weighted by Gasteiger charge is -2.33. The molecule has 1 aromatic heterocycles. The highest BCUT2D eigenvalue weighted by Gasteiger charge is 2.22. The number of rotatable bonds is 4. The number of hydrogen-bond acceptors (Lipinski definition) is 4. The molecule has 0 bridgehead atoms. The molecule has 0 saturated carbocycles. The zero-order valence-electron chi connectivity index (χ0n) is 13.8. The van der Waals surface area contributed by atoms with E-state index >= 15 is 0 Å². The van der Waals surface area contributed by atoms with Gasteiger partial charge in [0.25, 0.3) is 5.91 Å². The number of hydrogen-bond donors (Lipinski definition) is 1. The number of aryl methyl sites for hydroxylation is 1. The third-order valence-electron chi connectivity index (χ3n) is 4.25. The molecule has 0 spiro atoms. The molecule has 2 heterocycles. The molecule has 1 aliphatic rings. The Balaban J connectivity index is 1.58. The average Bonchev–Trinajstić information content (AvgIpc) is 3.02. The number of benzene rings is 1. The number of amides is 1. The Labute approximate surface area is 141 Å². The first-order valence-electron chi connectivity index (χ1n) is 8.16. The van der Waals surface area contributed by atoms with E-state index in [1.165, 1.54) is 0 Å². The van der Waals surface area contributed by atoms with Crippen LogP contribution in [0.3, 0.4) is 0 Å². The molecule has 1 aliphatic heterocycles. The molecule has 2 aromatic rings. The first-order chi connectivity index (χ1) is 11.6. The van der Waals surface area contributed by atoms with Gasteiger partial charge in [-0.1, -0.05) is 12.1 Å². The second-order valence-corrected chi connectivity index (χ2v) is 6.23. The van der Waals surface area contributed by atoms with Gasteiger partial charge < -0.3 is 5.32 Å². The minimum absolute atomic E-state index is 0.117. The van der Waals surface area contributed by atoms with Crippen LogP contribution in [0.2, 0.25) is 0 Å². The lowest BCUT2D eigenvalue weighted by atomic mass is 10.0. The van der Waals surface area contributed by atoms with Crippen molar-refractivity contribution in [3.05, 3.63) is 53.3 Å². The Bertz CT molecular complexity index is 761. The standard InChI is InChI=1S/C18H21N5O/c1-22-9-7-17(21-22)18(24)20-16-6-3-8-23(13-16)12-15-5-2-4-14(10-15)11-19/h2,4-5,7,9-10,16H,3,6,8,12-13H2,1H3,(H,20,24). The van der Waals surface area contributed by atoms with Gasteiger partial charge in [0.1, 0.15) is 5.69 Å². The van der Waals surface area contributed by atoms with Gasteiger partial charge in [0.2, 0.25) is 0 Å². The van der Waals surface area contributed by atoms with Crippen LogP contribution in [0, 0.1) is 11.3 Å². The van der Waals surface area contributed by atoms with E-state index in [0.717, 1.165) is 38.0 Å². The number of aromatic nitrogens is 2. The molecule has 1 N–H and O–H groups in total. The van der Waals surface area contributed by atoms with E-state index in [1.54, 1.807) is 24.0 Å². The van der Waals surface area contributed by atoms with Crippen molar-refractivity contribution in [2.75, 3.05) is 13.1 Å². The summed E-state index contributed by atoms with van der Waals surface area (Å²) in [6.45, 7) is 2.62. The van der Waals surface area contributed by atoms with E-state index in [4.69, 9.17) is 5.26 Å². The predicted molar refractivity (Wildman–Crippen MR) is 90.1 cm³/mol. The van der Waals surface area contributed by atoms with Crippen LogP contribution >= 0.6 is 0 Å². The fourth-order valence-electron chi connectivity index (χ4n) is 3.11. The predicted octanol–water partition coefficient (Wildman–Crippen LogP) is 1.69. The summed E-state index contributed by atoms with van der Waals surface area (Å²) < 4.78 is 1.63. The quantitative estimate of drug-likeness (QED) is 0.929. The summed E-state index contributed by atoms with van der Waals surface area (Å²) in [5, 5.41) is 16.2. The zero-order chi connectivity index (χ0) is 16.9. The van der Waals surface area contributed by atoms with Crippen LogP contribution in [-0.4, -0.2) is 39.7 Å². The van der Waals surface area contributed by atoms with Crippen LogP contribution in [0.25, 0.3) is 0 Å². The Morgan fingerprint density at radius 3 is 3.08 bits per heavy atom. The maximum Gasteiger partial charge on any atom is 0.272 e. The van der Waals surface area contributed by atoms with Gasteiger partial charge in [-0.3, -0.25) is 14.4 Å². The molecule has 1 atom stereocenters. The number of nitrogens with zero attached hydrogens (tertiary/aromatic N) is 4. The molecular formula is C18H21N5O. The highest BCUT2D eigenvalue weighted by atomic mass is 16.2. The molecule has 1 unspecified atom stereocenters. The van der Waals surface area contributed by atoms with Crippen molar-refractivity contribution in [2.24, 2.45) is 7.05 Å². The summed E-state index contributed by atoms with van der Waals surface area (Å²) in [6.07, 6.45) is 3.79. The van der Waals surface area contributed by atoms with E-state index in [2.05, 4.69) is 21.4 Å². The highest BCUT2D eigenvalue weighted by Crippen LogP contribution is 2.15. The van der Waals surface area contributed by atoms with Crippen LogP contribution in [0.5, 0.6) is 0 Å². The van der Waals surface area contributed by atoms with Crippen LogP contribution in [0.1, 0.15) is 34.5 Å². The molecule has 3 rings (SSSR count). The Morgan fingerprint density at radius 1 is 1.46 bits per heavy atom. The number of carbonyl (C=O) groups is 1. The third-order valence-corrected chi connectivity index (χ3v) is 4.25. The van der Waals surface area contributed by atoms with Gasteiger partial charge in [0.15, 0.2) is 0 Å². The largest absolute Gasteiger partial charge is 0.347 e. The minimum atomic E-state index is -0.117. The fraction of sp³-hybridized carbons (Fsp3) is 0.389. The highest BCUT2D eigenvalue weighted by molar-refractivity contribution is 5.92. The second kappa shape index (κ2) is 7.28. The van der Waals surface area contributed by atoms with E-state index in [-0.39, 0.29) is 11.9 Å². The summed E-state index contributed by atoms with van der Waals surface area (Å²) in [5.41, 5.74) is 2.27. The Kier molecular flexibility index (Phi) is 4.92. The molecule has 6 nitrogen and oxygen atoms in total. The van der Waals surface area contributed by atoms with Gasteiger partial charge in [0, 0.05) is 32.4 Å². The average molecular weight is 323 g/mol. The molecule has 1 saturated heterocycles. The van der Waals surface area contributed by atoms with E-state index in [9.17, 15) is 4.79 Å². The molecule has 6 heteroatoms. The van der Waals surface area contributed by atoms with Gasteiger partial charge in [-0.15, -0.1) is 0 Å². The van der Waals surface area contributed by atoms with Gasteiger partial charge >= 0.3 is 0 Å². The Morgan fingerprint density at radius 2 is 2.33 bits per heavy atom. The monoisotopic (exact) mass is 323 g/mol. The molecule has 0 radical (unpaired) electrons. The van der Waals surface area contributed by atoms with Crippen molar-refractivity contribution >= 4 is 5.91 Å². The number of likely N-dealkylation sites (tertiary alicyclic amines) is 1. The van der Waals surface area contributed by atoms with Gasteiger partial charge in [-0.05, 0) is 43.1 Å². The SMILES string of the molecule is Cn1ccc(C(=O)NC2CCCN(Cc3cccc(C#N)c3)C2)n1. The summed E-state index contributed by atoms with van der Waals surface area (Å²) in [7, 11) is 1.80. The molecule has 0 aliphatic carbocycles. The first-order valence-corrected chi connectivity index (χ1v) is 8.16. The normalized spacial score (nSPS) is 18.1. The smallest absolute Gasteiger partial charge is 0.272 e. The Hall–Kier alpha value is -2.65. The van der Waals surface area contributed by atoms with Gasteiger partial charge in [-0.25, -0.2) is 0 Å². The number of nitriles is 1. The molecule has 124 valence electrons. The molecule has 1 fully saturated rings. The third kappa shape index (κ3) is 4.00. The van der Waals surface area contributed by atoms with Crippen molar-refractivity contribution in [1.29, 1.82) is 5.26 Å². The lowest BCUT2D eigenvalue weighted by molar-refractivity contribution is 0.0895. The number of nitrogens with one attached hydrogen (secondary N) is 1. The fourth-order valence-corrected chi connectivity index (χ4v) is 3.11. The van der Waals surface area contributed by atoms with Crippen molar-refractivity contribution in [3.63, 3.8) is 0 Å². The van der Waals surface area contributed by atoms with Crippen LogP contribution in [0.4, 0.5) is 0 Å². The van der Waals surface area contributed by atoms with Crippen molar-refractivity contribution in [3.8, 4) is 6.07 Å². The van der Waals surface area contributed by atoms with Crippen LogP contribution in [0.15, 0.2) is 36.5 Å². The lowest BCUT2D eigenvalue weighted by Crippen LogP contribution is -2.47. The second-order valence-electron chi connectivity index (χ2n) is 6.23. The van der Waals surface area contributed by atoms with Crippen LogP contribution < -0.4 is 5.32 Å². The van der Waals surface area contributed by atoms with Crippen molar-refractivity contribution < 1.29 is 4.79 Å². The zero-order valence-corrected chi connectivity index (χ0v) is 13.8. The van der Waals surface area contributed by atoms with Crippen LogP contribution in [-0.2, 0) is 13.6 Å². The number of piperidine rings is 1. The maximum atomic E-state index is 12.2. The summed E-state index contributed by atoms with van der Waals surface area (Å²) in [6, 6.07) is 11.7. The topological polar surface area (TPSA) is 74.0 Å². The van der Waals surface area contributed by atoms with Crippen molar-refractivity contribution in [2.45, 2.75) is 25.4 Å². The van der Waals surface area contributed by atoms with E-state index in [0.29, 0.717) is 11.3 Å². The summed E-state index contributed by atoms with van der Waals surface area (Å²) in [4.78, 5) is 14.6. The maximum absolute atomic E-state index is 12.2. The van der Waals surface area contributed by atoms with Gasteiger partial charge in [-0.2, -0.15) is 10.4 Å². The molecular weight excluding hydrogens is 302 g/mol. The number of carbonyl (C=O) groups excluding carboxylic acids is 1. The van der Waals surface area contributed by atoms with E-state index < -0.39 is 0 Å². The van der Waals surface area contributed by atoms with Crippen molar-refractivity contribution in [1.82, 2.24) is 20.0 Å². The molecule has 1 amide bonds. The molecule has 24 heavy (non-hydrogen) atoms. The first kappa shape index (κ1) is 16.2. The molecule has 1 aromatic carbocycles. The van der Waals surface area contributed by atoms with E-state index in [1.807, 2.05) is 24.3 Å². The van der Waals surface area contributed by atoms with Gasteiger partial charge in [0.05, 0.1) is 11.6 Å². The summed E-state index contributed by atoms with van der Waals surface area (Å²) >= 11 is 0.